The van der Waals surface area contributed by atoms with Gasteiger partial charge in [0.05, 0.1) is 10.6 Å². The maximum absolute atomic E-state index is 6.13. The molecule has 0 aliphatic carbocycles. The molecule has 0 aliphatic heterocycles. The predicted molar refractivity (Wildman–Crippen MR) is 86.1 cm³/mol. The van der Waals surface area contributed by atoms with E-state index in [2.05, 4.69) is 26.1 Å². The van der Waals surface area contributed by atoms with Gasteiger partial charge in [0.1, 0.15) is 0 Å². The quantitative estimate of drug-likeness (QED) is 0.703. The molecule has 0 amide bonds. The van der Waals surface area contributed by atoms with Crippen LogP contribution in [-0.2, 0) is 6.42 Å². The number of halogens is 2. The second-order valence-corrected chi connectivity index (χ2v) is 5.88. The molecule has 4 nitrogen and oxygen atoms in total. The summed E-state index contributed by atoms with van der Waals surface area (Å²) in [4.78, 5) is 4.37. The first-order valence-corrected chi connectivity index (χ1v) is 7.41. The monoisotopic (exact) mass is 363 g/mol. The van der Waals surface area contributed by atoms with Crippen LogP contribution in [0.1, 0.15) is 11.4 Å². The number of aromatic nitrogens is 2. The van der Waals surface area contributed by atoms with Crippen molar-refractivity contribution in [1.29, 1.82) is 0 Å². The molecule has 0 aliphatic rings. The van der Waals surface area contributed by atoms with Gasteiger partial charge < -0.3 is 10.3 Å². The Labute approximate surface area is 135 Å². The zero-order valence-corrected chi connectivity index (χ0v) is 13.2. The minimum Gasteiger partial charge on any atom is -0.399 e. The van der Waals surface area contributed by atoms with Crippen LogP contribution < -0.4 is 5.73 Å². The fourth-order valence-corrected chi connectivity index (χ4v) is 2.39. The van der Waals surface area contributed by atoms with Gasteiger partial charge in [-0.25, -0.2) is 0 Å². The molecule has 1 heterocycles. The van der Waals surface area contributed by atoms with Crippen molar-refractivity contribution in [3.63, 3.8) is 0 Å². The smallest absolute Gasteiger partial charge is 0.259 e. The van der Waals surface area contributed by atoms with E-state index in [1.165, 1.54) is 0 Å². The first-order valence-electron chi connectivity index (χ1n) is 6.24. The summed E-state index contributed by atoms with van der Waals surface area (Å²) >= 11 is 9.53. The molecule has 3 aromatic rings. The third-order valence-corrected chi connectivity index (χ3v) is 3.82. The maximum Gasteiger partial charge on any atom is 0.259 e. The standard InChI is InChI=1S/C15H11BrClN3O/c16-10-3-1-9(2-4-10)7-14-19-15(21-20-14)12-8-11(18)5-6-13(12)17/h1-6,8H,7,18H2. The summed E-state index contributed by atoms with van der Waals surface area (Å²) in [5.41, 5.74) is 8.10. The van der Waals surface area contributed by atoms with Crippen LogP contribution in [0.2, 0.25) is 5.02 Å². The van der Waals surface area contributed by atoms with Gasteiger partial charge in [0.25, 0.3) is 5.89 Å². The molecule has 0 unspecified atom stereocenters. The Morgan fingerprint density at radius 3 is 2.67 bits per heavy atom. The number of nitrogens with zero attached hydrogens (tertiary/aromatic N) is 2. The van der Waals surface area contributed by atoms with E-state index >= 15 is 0 Å². The summed E-state index contributed by atoms with van der Waals surface area (Å²) in [6.45, 7) is 0. The van der Waals surface area contributed by atoms with Crippen molar-refractivity contribution in [2.45, 2.75) is 6.42 Å². The van der Waals surface area contributed by atoms with Crippen LogP contribution in [0.5, 0.6) is 0 Å². The lowest BCUT2D eigenvalue weighted by atomic mass is 10.1. The van der Waals surface area contributed by atoms with Gasteiger partial charge >= 0.3 is 0 Å². The second-order valence-electron chi connectivity index (χ2n) is 4.56. The molecule has 3 rings (SSSR count). The van der Waals surface area contributed by atoms with Crippen molar-refractivity contribution < 1.29 is 4.52 Å². The van der Waals surface area contributed by atoms with Gasteiger partial charge in [0.2, 0.25) is 0 Å². The van der Waals surface area contributed by atoms with E-state index in [1.807, 2.05) is 24.3 Å². The van der Waals surface area contributed by atoms with Crippen LogP contribution in [0, 0.1) is 0 Å². The molecule has 0 saturated heterocycles. The van der Waals surface area contributed by atoms with Crippen molar-refractivity contribution in [3.05, 3.63) is 63.3 Å². The van der Waals surface area contributed by atoms with Crippen molar-refractivity contribution in [2.75, 3.05) is 5.73 Å². The fourth-order valence-electron chi connectivity index (χ4n) is 1.93. The average molecular weight is 365 g/mol. The SMILES string of the molecule is Nc1ccc(Cl)c(-c2nc(Cc3ccc(Br)cc3)no2)c1. The second kappa shape index (κ2) is 5.87. The van der Waals surface area contributed by atoms with Crippen LogP contribution in [0.15, 0.2) is 51.5 Å². The Morgan fingerprint density at radius 2 is 1.90 bits per heavy atom. The van der Waals surface area contributed by atoms with E-state index in [9.17, 15) is 0 Å². The third-order valence-electron chi connectivity index (χ3n) is 2.96. The molecule has 2 N–H and O–H groups in total. The first kappa shape index (κ1) is 14.1. The zero-order chi connectivity index (χ0) is 14.8. The fraction of sp³-hybridized carbons (Fsp3) is 0.0667. The van der Waals surface area contributed by atoms with Crippen molar-refractivity contribution >= 4 is 33.2 Å². The van der Waals surface area contributed by atoms with Gasteiger partial charge in [0, 0.05) is 16.6 Å². The van der Waals surface area contributed by atoms with Crippen molar-refractivity contribution in [2.24, 2.45) is 0 Å². The van der Waals surface area contributed by atoms with Gasteiger partial charge in [-0.15, -0.1) is 0 Å². The highest BCUT2D eigenvalue weighted by atomic mass is 79.9. The third kappa shape index (κ3) is 3.25. The molecule has 21 heavy (non-hydrogen) atoms. The molecular formula is C15H11BrClN3O. The lowest BCUT2D eigenvalue weighted by Crippen LogP contribution is -1.91. The molecule has 0 radical (unpaired) electrons. The Morgan fingerprint density at radius 1 is 1.14 bits per heavy atom. The van der Waals surface area contributed by atoms with E-state index in [-0.39, 0.29) is 0 Å². The summed E-state index contributed by atoms with van der Waals surface area (Å²) < 4.78 is 6.31. The minimum atomic E-state index is 0.374. The van der Waals surface area contributed by atoms with Crippen LogP contribution >= 0.6 is 27.5 Å². The molecule has 0 fully saturated rings. The average Bonchev–Trinajstić information content (AvgIpc) is 2.92. The Kier molecular flexibility index (Phi) is 3.94. The van der Waals surface area contributed by atoms with E-state index in [4.69, 9.17) is 21.9 Å². The number of anilines is 1. The predicted octanol–water partition coefficient (Wildman–Crippen LogP) is 4.33. The molecule has 0 atom stereocenters. The van der Waals surface area contributed by atoms with Crippen LogP contribution in [0.3, 0.4) is 0 Å². The van der Waals surface area contributed by atoms with Crippen LogP contribution in [0.4, 0.5) is 5.69 Å². The number of benzene rings is 2. The minimum absolute atomic E-state index is 0.374. The summed E-state index contributed by atoms with van der Waals surface area (Å²) in [6, 6.07) is 13.1. The maximum atomic E-state index is 6.13. The lowest BCUT2D eigenvalue weighted by molar-refractivity contribution is 0.424. The van der Waals surface area contributed by atoms with Crippen LogP contribution in [0.25, 0.3) is 11.5 Å². The number of nitrogen functional groups attached to an aromatic ring is 1. The highest BCUT2D eigenvalue weighted by molar-refractivity contribution is 9.10. The van der Waals surface area contributed by atoms with Crippen molar-refractivity contribution in [3.8, 4) is 11.5 Å². The molecular weight excluding hydrogens is 354 g/mol. The molecule has 0 spiro atoms. The summed E-state index contributed by atoms with van der Waals surface area (Å²) in [5, 5.41) is 4.51. The highest BCUT2D eigenvalue weighted by Crippen LogP contribution is 2.28. The van der Waals surface area contributed by atoms with Gasteiger partial charge in [-0.05, 0) is 35.9 Å². The summed E-state index contributed by atoms with van der Waals surface area (Å²) in [5.74, 6) is 0.977. The molecule has 0 saturated carbocycles. The van der Waals surface area contributed by atoms with Crippen LogP contribution in [-0.4, -0.2) is 10.1 Å². The molecule has 0 bridgehead atoms. The lowest BCUT2D eigenvalue weighted by Gasteiger charge is -1.99. The molecule has 6 heteroatoms. The zero-order valence-electron chi connectivity index (χ0n) is 10.9. The number of hydrogen-bond donors (Lipinski definition) is 1. The molecule has 1 aromatic heterocycles. The van der Waals surface area contributed by atoms with E-state index < -0.39 is 0 Å². The largest absolute Gasteiger partial charge is 0.399 e. The Bertz CT molecular complexity index is 771. The van der Waals surface area contributed by atoms with E-state index in [1.54, 1.807) is 18.2 Å². The Hall–Kier alpha value is -1.85. The summed E-state index contributed by atoms with van der Waals surface area (Å²) in [7, 11) is 0. The van der Waals surface area contributed by atoms with Crippen molar-refractivity contribution in [1.82, 2.24) is 10.1 Å². The number of rotatable bonds is 3. The summed E-state index contributed by atoms with van der Waals surface area (Å²) in [6.07, 6.45) is 0.594. The van der Waals surface area contributed by atoms with E-state index in [0.717, 1.165) is 10.0 Å². The van der Waals surface area contributed by atoms with Gasteiger partial charge in [0.15, 0.2) is 5.82 Å². The Balaban J connectivity index is 1.86. The van der Waals surface area contributed by atoms with E-state index in [0.29, 0.717) is 34.4 Å². The topological polar surface area (TPSA) is 64.9 Å². The number of nitrogens with two attached hydrogens (primary N) is 1. The highest BCUT2D eigenvalue weighted by Gasteiger charge is 2.13. The normalized spacial score (nSPS) is 10.8. The molecule has 2 aromatic carbocycles. The molecule has 106 valence electrons. The number of hydrogen-bond acceptors (Lipinski definition) is 4. The van der Waals surface area contributed by atoms with Gasteiger partial charge in [-0.1, -0.05) is 44.8 Å². The van der Waals surface area contributed by atoms with Gasteiger partial charge in [-0.2, -0.15) is 4.98 Å². The first-order chi connectivity index (χ1) is 10.1. The van der Waals surface area contributed by atoms with Gasteiger partial charge in [-0.3, -0.25) is 0 Å².